The number of hydrogen-bond donors (Lipinski definition) is 0. The van der Waals surface area contributed by atoms with Crippen LogP contribution in [0.2, 0.25) is 0 Å². The molecule has 2 aliphatic rings. The number of rotatable bonds is 4. The van der Waals surface area contributed by atoms with Gasteiger partial charge in [0.25, 0.3) is 5.91 Å². The third-order valence-electron chi connectivity index (χ3n) is 6.46. The molecule has 2 aliphatic heterocycles. The Balaban J connectivity index is 1.32. The van der Waals surface area contributed by atoms with E-state index in [9.17, 15) is 9.59 Å². The first-order chi connectivity index (χ1) is 15.0. The molecule has 2 aromatic rings. The lowest BCUT2D eigenvalue weighted by Gasteiger charge is -2.39. The summed E-state index contributed by atoms with van der Waals surface area (Å²) in [5.41, 5.74) is 4.25. The maximum atomic E-state index is 13.2. The van der Waals surface area contributed by atoms with Crippen molar-refractivity contribution < 1.29 is 9.59 Å². The van der Waals surface area contributed by atoms with Gasteiger partial charge in [-0.1, -0.05) is 47.5 Å². The number of piperazine rings is 1. The van der Waals surface area contributed by atoms with Crippen molar-refractivity contribution in [1.82, 2.24) is 14.7 Å². The molecule has 0 saturated carbocycles. The average Bonchev–Trinajstić information content (AvgIpc) is 2.79. The highest BCUT2D eigenvalue weighted by Crippen LogP contribution is 2.22. The average molecular weight is 420 g/mol. The highest BCUT2D eigenvalue weighted by Gasteiger charge is 2.33. The van der Waals surface area contributed by atoms with E-state index in [1.807, 2.05) is 41.8 Å². The second-order valence-electron chi connectivity index (χ2n) is 9.05. The lowest BCUT2D eigenvalue weighted by molar-refractivity contribution is -0.138. The van der Waals surface area contributed by atoms with Gasteiger partial charge in [0.15, 0.2) is 0 Å². The summed E-state index contributed by atoms with van der Waals surface area (Å²) in [7, 11) is 0. The molecule has 1 atom stereocenters. The number of benzene rings is 2. The van der Waals surface area contributed by atoms with E-state index < -0.39 is 0 Å². The normalized spacial score (nSPS) is 20.0. The van der Waals surface area contributed by atoms with E-state index in [1.54, 1.807) is 0 Å². The Bertz CT molecular complexity index is 899. The lowest BCUT2D eigenvalue weighted by atomic mass is 9.95. The molecule has 2 amide bonds. The van der Waals surface area contributed by atoms with Crippen molar-refractivity contribution in [2.75, 3.05) is 39.3 Å². The summed E-state index contributed by atoms with van der Waals surface area (Å²) in [5, 5.41) is 0. The SMILES string of the molecule is Cc1cc(C)cc(C(=O)N2CCCC(C(=O)N3CCN(Cc4ccccc4)CC3)C2)c1. The molecule has 0 N–H and O–H groups in total. The van der Waals surface area contributed by atoms with Crippen LogP contribution in [0.4, 0.5) is 0 Å². The van der Waals surface area contributed by atoms with Crippen LogP contribution in [0, 0.1) is 19.8 Å². The zero-order valence-electron chi connectivity index (χ0n) is 18.7. The van der Waals surface area contributed by atoms with E-state index in [1.165, 1.54) is 5.56 Å². The third kappa shape index (κ3) is 5.34. The van der Waals surface area contributed by atoms with Crippen LogP contribution in [-0.2, 0) is 11.3 Å². The third-order valence-corrected chi connectivity index (χ3v) is 6.46. The molecule has 2 fully saturated rings. The molecule has 31 heavy (non-hydrogen) atoms. The molecule has 4 rings (SSSR count). The van der Waals surface area contributed by atoms with Crippen molar-refractivity contribution in [2.24, 2.45) is 5.92 Å². The van der Waals surface area contributed by atoms with Crippen molar-refractivity contribution in [3.8, 4) is 0 Å². The predicted molar refractivity (Wildman–Crippen MR) is 123 cm³/mol. The largest absolute Gasteiger partial charge is 0.340 e. The van der Waals surface area contributed by atoms with E-state index in [-0.39, 0.29) is 17.7 Å². The molecule has 2 saturated heterocycles. The Hall–Kier alpha value is -2.66. The van der Waals surface area contributed by atoms with Crippen LogP contribution < -0.4 is 0 Å². The monoisotopic (exact) mass is 419 g/mol. The summed E-state index contributed by atoms with van der Waals surface area (Å²) in [6.45, 7) is 9.59. The van der Waals surface area contributed by atoms with Gasteiger partial charge in [-0.2, -0.15) is 0 Å². The molecule has 0 radical (unpaired) electrons. The first kappa shape index (κ1) is 21.6. The Labute approximate surface area is 185 Å². The van der Waals surface area contributed by atoms with Crippen LogP contribution in [0.5, 0.6) is 0 Å². The molecule has 2 aromatic carbocycles. The second-order valence-corrected chi connectivity index (χ2v) is 9.05. The predicted octanol–water partition coefficient (Wildman–Crippen LogP) is 3.50. The van der Waals surface area contributed by atoms with Gasteiger partial charge in [-0.15, -0.1) is 0 Å². The van der Waals surface area contributed by atoms with Gasteiger partial charge >= 0.3 is 0 Å². The van der Waals surface area contributed by atoms with E-state index in [2.05, 4.69) is 35.2 Å². The molecule has 164 valence electrons. The van der Waals surface area contributed by atoms with Crippen molar-refractivity contribution in [2.45, 2.75) is 33.2 Å². The zero-order chi connectivity index (χ0) is 21.8. The van der Waals surface area contributed by atoms with Crippen LogP contribution in [-0.4, -0.2) is 65.8 Å². The molecule has 0 bridgehead atoms. The van der Waals surface area contributed by atoms with Gasteiger partial charge in [-0.05, 0) is 44.4 Å². The lowest BCUT2D eigenvalue weighted by Crippen LogP contribution is -2.52. The number of nitrogens with zero attached hydrogens (tertiary/aromatic N) is 3. The zero-order valence-corrected chi connectivity index (χ0v) is 18.7. The Morgan fingerprint density at radius 3 is 2.23 bits per heavy atom. The number of carbonyl (C=O) groups excluding carboxylic acids is 2. The minimum atomic E-state index is -0.0794. The molecular weight excluding hydrogens is 386 g/mol. The highest BCUT2D eigenvalue weighted by atomic mass is 16.2. The van der Waals surface area contributed by atoms with Crippen LogP contribution in [0.1, 0.15) is 39.9 Å². The maximum Gasteiger partial charge on any atom is 0.253 e. The number of carbonyl (C=O) groups is 2. The smallest absolute Gasteiger partial charge is 0.253 e. The van der Waals surface area contributed by atoms with Crippen molar-refractivity contribution in [1.29, 1.82) is 0 Å². The number of likely N-dealkylation sites (tertiary alicyclic amines) is 1. The Morgan fingerprint density at radius 2 is 1.55 bits per heavy atom. The van der Waals surface area contributed by atoms with Gasteiger partial charge in [0, 0.05) is 51.4 Å². The van der Waals surface area contributed by atoms with E-state index >= 15 is 0 Å². The maximum absolute atomic E-state index is 13.2. The van der Waals surface area contributed by atoms with Gasteiger partial charge < -0.3 is 9.80 Å². The molecule has 5 nitrogen and oxygen atoms in total. The Morgan fingerprint density at radius 1 is 0.871 bits per heavy atom. The van der Waals surface area contributed by atoms with Crippen LogP contribution in [0.3, 0.4) is 0 Å². The van der Waals surface area contributed by atoms with Gasteiger partial charge in [0.2, 0.25) is 5.91 Å². The minimum absolute atomic E-state index is 0.0528. The first-order valence-corrected chi connectivity index (χ1v) is 11.4. The molecule has 0 aliphatic carbocycles. The topological polar surface area (TPSA) is 43.9 Å². The molecule has 5 heteroatoms. The first-order valence-electron chi connectivity index (χ1n) is 11.4. The Kier molecular flexibility index (Phi) is 6.71. The molecular formula is C26H33N3O2. The summed E-state index contributed by atoms with van der Waals surface area (Å²) < 4.78 is 0. The fourth-order valence-corrected chi connectivity index (χ4v) is 4.87. The van der Waals surface area contributed by atoms with Crippen LogP contribution in [0.15, 0.2) is 48.5 Å². The fourth-order valence-electron chi connectivity index (χ4n) is 4.87. The highest BCUT2D eigenvalue weighted by molar-refractivity contribution is 5.95. The van der Waals surface area contributed by atoms with Gasteiger partial charge in [0.1, 0.15) is 0 Å². The minimum Gasteiger partial charge on any atom is -0.340 e. The fraction of sp³-hybridized carbons (Fsp3) is 0.462. The number of piperidine rings is 1. The summed E-state index contributed by atoms with van der Waals surface area (Å²) in [6.07, 6.45) is 1.76. The summed E-state index contributed by atoms with van der Waals surface area (Å²) >= 11 is 0. The summed E-state index contributed by atoms with van der Waals surface area (Å²) in [4.78, 5) is 32.6. The van der Waals surface area contributed by atoms with Gasteiger partial charge in [0.05, 0.1) is 5.92 Å². The van der Waals surface area contributed by atoms with E-state index in [0.29, 0.717) is 6.54 Å². The van der Waals surface area contributed by atoms with Crippen molar-refractivity contribution in [3.63, 3.8) is 0 Å². The standard InChI is InChI=1S/C26H33N3O2/c1-20-15-21(2)17-24(16-20)26(31)29-10-6-9-23(19-29)25(30)28-13-11-27(12-14-28)18-22-7-4-3-5-8-22/h3-5,7-8,15-17,23H,6,9-14,18-19H2,1-2H3. The van der Waals surface area contributed by atoms with Crippen molar-refractivity contribution in [3.05, 3.63) is 70.8 Å². The summed E-state index contributed by atoms with van der Waals surface area (Å²) in [5.74, 6) is 0.193. The van der Waals surface area contributed by atoms with E-state index in [4.69, 9.17) is 0 Å². The summed E-state index contributed by atoms with van der Waals surface area (Å²) in [6, 6.07) is 16.5. The van der Waals surface area contributed by atoms with Gasteiger partial charge in [-0.25, -0.2) is 0 Å². The van der Waals surface area contributed by atoms with Crippen molar-refractivity contribution >= 4 is 11.8 Å². The molecule has 2 heterocycles. The van der Waals surface area contributed by atoms with Crippen LogP contribution in [0.25, 0.3) is 0 Å². The second kappa shape index (κ2) is 9.65. The van der Waals surface area contributed by atoms with Gasteiger partial charge in [-0.3, -0.25) is 14.5 Å². The van der Waals surface area contributed by atoms with E-state index in [0.717, 1.165) is 68.8 Å². The quantitative estimate of drug-likeness (QED) is 0.762. The number of amides is 2. The van der Waals surface area contributed by atoms with Crippen LogP contribution >= 0.6 is 0 Å². The molecule has 0 spiro atoms. The number of aryl methyl sites for hydroxylation is 2. The molecule has 1 unspecified atom stereocenters. The molecule has 0 aromatic heterocycles. The number of hydrogen-bond acceptors (Lipinski definition) is 3.